The number of anilines is 2. The van der Waals surface area contributed by atoms with Gasteiger partial charge in [-0.3, -0.25) is 9.52 Å². The minimum atomic E-state index is -3.32. The Balaban J connectivity index is 1.44. The molecule has 3 rings (SSSR count). The zero-order chi connectivity index (χ0) is 24.4. The summed E-state index contributed by atoms with van der Waals surface area (Å²) in [5, 5.41) is 0. The smallest absolute Gasteiger partial charge is 0.232 e. The number of aryl methyl sites for hydroxylation is 1. The van der Waals surface area contributed by atoms with Crippen molar-refractivity contribution >= 4 is 27.3 Å². The molecule has 0 unspecified atom stereocenters. The predicted octanol–water partition coefficient (Wildman–Crippen LogP) is 4.99. The number of unbranched alkanes of at least 4 members (excludes halogenated alkanes) is 5. The van der Waals surface area contributed by atoms with Crippen molar-refractivity contribution in [3.05, 3.63) is 59.7 Å². The number of nitrogens with one attached hydrogen (secondary N) is 1. The molecule has 0 saturated carbocycles. The Hall–Kier alpha value is -2.54. The number of carbonyl (C=O) groups excluding carboxylic acids is 1. The van der Waals surface area contributed by atoms with Gasteiger partial charge < -0.3 is 9.80 Å². The van der Waals surface area contributed by atoms with Crippen molar-refractivity contribution in [2.75, 3.05) is 41.6 Å². The largest absolute Gasteiger partial charge is 0.368 e. The van der Waals surface area contributed by atoms with Gasteiger partial charge in [0.15, 0.2) is 0 Å². The summed E-state index contributed by atoms with van der Waals surface area (Å²) in [6.07, 6.45) is 6.79. The molecule has 2 aromatic carbocycles. The Morgan fingerprint density at radius 1 is 0.882 bits per heavy atom. The molecule has 0 atom stereocenters. The summed E-state index contributed by atoms with van der Waals surface area (Å²) in [5.41, 5.74) is 3.88. The van der Waals surface area contributed by atoms with Crippen LogP contribution in [0.5, 0.6) is 0 Å². The fraction of sp³-hybridized carbons (Fsp3) is 0.519. The van der Waals surface area contributed by atoms with Crippen molar-refractivity contribution in [2.45, 2.75) is 58.8 Å². The quantitative estimate of drug-likeness (QED) is 0.430. The van der Waals surface area contributed by atoms with Gasteiger partial charge in [-0.25, -0.2) is 8.42 Å². The summed E-state index contributed by atoms with van der Waals surface area (Å²) in [7, 11) is -3.32. The second kappa shape index (κ2) is 12.8. The highest BCUT2D eigenvalue weighted by Gasteiger charge is 2.22. The average Bonchev–Trinajstić information content (AvgIpc) is 2.83. The first-order chi connectivity index (χ1) is 16.4. The first-order valence-electron chi connectivity index (χ1n) is 12.6. The van der Waals surface area contributed by atoms with Crippen LogP contribution in [0.25, 0.3) is 0 Å². The molecule has 0 bridgehead atoms. The average molecular weight is 486 g/mol. The molecule has 1 N–H and O–H groups in total. The van der Waals surface area contributed by atoms with Gasteiger partial charge in [0.05, 0.1) is 12.2 Å². The molecular formula is C27H39N3O3S. The molecule has 0 spiro atoms. The van der Waals surface area contributed by atoms with Crippen LogP contribution in [-0.4, -0.2) is 51.2 Å². The van der Waals surface area contributed by atoms with E-state index in [2.05, 4.69) is 16.5 Å². The van der Waals surface area contributed by atoms with Crippen LogP contribution < -0.4 is 9.62 Å². The van der Waals surface area contributed by atoms with Gasteiger partial charge in [0.1, 0.15) is 0 Å². The lowest BCUT2D eigenvalue weighted by atomic mass is 10.1. The maximum Gasteiger partial charge on any atom is 0.232 e. The number of benzene rings is 2. The van der Waals surface area contributed by atoms with E-state index in [1.54, 1.807) is 0 Å². The maximum absolute atomic E-state index is 12.7. The molecule has 1 heterocycles. The molecule has 1 amide bonds. The molecule has 7 heteroatoms. The Morgan fingerprint density at radius 3 is 2.21 bits per heavy atom. The lowest BCUT2D eigenvalue weighted by Gasteiger charge is -2.36. The Kier molecular flexibility index (Phi) is 9.81. The van der Waals surface area contributed by atoms with Crippen molar-refractivity contribution in [3.8, 4) is 0 Å². The number of hydrogen-bond donors (Lipinski definition) is 1. The van der Waals surface area contributed by atoms with Crippen molar-refractivity contribution in [1.82, 2.24) is 4.90 Å². The lowest BCUT2D eigenvalue weighted by Crippen LogP contribution is -2.49. The number of hydrogen-bond acceptors (Lipinski definition) is 4. The SMILES string of the molecule is CCCCCCCCS(=O)(=O)Nc1ccc(N2CCN(C(=O)Cc3ccccc3C)CC2)cc1. The van der Waals surface area contributed by atoms with Gasteiger partial charge in [-0.2, -0.15) is 0 Å². The molecule has 0 aliphatic carbocycles. The van der Waals surface area contributed by atoms with E-state index in [0.717, 1.165) is 42.7 Å². The van der Waals surface area contributed by atoms with Crippen LogP contribution in [0.15, 0.2) is 48.5 Å². The van der Waals surface area contributed by atoms with E-state index in [4.69, 9.17) is 0 Å². The standard InChI is InChI=1S/C27H39N3O3S/c1-3-4-5-6-7-10-21-34(32,33)28-25-13-15-26(16-14-25)29-17-19-30(20-18-29)27(31)22-24-12-9-8-11-23(24)2/h8-9,11-16,28H,3-7,10,17-22H2,1-2H3. The number of amides is 1. The maximum atomic E-state index is 12.7. The molecule has 1 aliphatic heterocycles. The molecule has 1 fully saturated rings. The summed E-state index contributed by atoms with van der Waals surface area (Å²) in [5.74, 6) is 0.336. The van der Waals surface area contributed by atoms with Crippen LogP contribution in [0, 0.1) is 6.92 Å². The molecular weight excluding hydrogens is 446 g/mol. The third-order valence-electron chi connectivity index (χ3n) is 6.51. The minimum Gasteiger partial charge on any atom is -0.368 e. The van der Waals surface area contributed by atoms with Gasteiger partial charge in [0.2, 0.25) is 15.9 Å². The highest BCUT2D eigenvalue weighted by Crippen LogP contribution is 2.21. The topological polar surface area (TPSA) is 69.7 Å². The highest BCUT2D eigenvalue weighted by atomic mass is 32.2. The molecule has 1 saturated heterocycles. The number of piperazine rings is 1. The van der Waals surface area contributed by atoms with Crippen LogP contribution in [0.3, 0.4) is 0 Å². The van der Waals surface area contributed by atoms with Crippen molar-refractivity contribution in [1.29, 1.82) is 0 Å². The Morgan fingerprint density at radius 2 is 1.53 bits per heavy atom. The van der Waals surface area contributed by atoms with Crippen molar-refractivity contribution in [3.63, 3.8) is 0 Å². The molecule has 6 nitrogen and oxygen atoms in total. The van der Waals surface area contributed by atoms with E-state index >= 15 is 0 Å². The Bertz CT molecular complexity index is 1010. The van der Waals surface area contributed by atoms with E-state index in [-0.39, 0.29) is 11.7 Å². The van der Waals surface area contributed by atoms with Gasteiger partial charge in [0.25, 0.3) is 0 Å². The fourth-order valence-corrected chi connectivity index (χ4v) is 5.52. The zero-order valence-corrected chi connectivity index (χ0v) is 21.4. The third kappa shape index (κ3) is 8.05. The number of carbonyl (C=O) groups is 1. The number of nitrogens with zero attached hydrogens (tertiary/aromatic N) is 2. The molecule has 34 heavy (non-hydrogen) atoms. The Labute approximate surface area is 205 Å². The van der Waals surface area contributed by atoms with Gasteiger partial charge in [0, 0.05) is 37.6 Å². The molecule has 186 valence electrons. The first-order valence-corrected chi connectivity index (χ1v) is 14.2. The summed E-state index contributed by atoms with van der Waals surface area (Å²) >= 11 is 0. The van der Waals surface area contributed by atoms with E-state index in [0.29, 0.717) is 31.6 Å². The van der Waals surface area contributed by atoms with Crippen LogP contribution in [0.2, 0.25) is 0 Å². The molecule has 0 radical (unpaired) electrons. The first kappa shape index (κ1) is 26.1. The van der Waals surface area contributed by atoms with Crippen molar-refractivity contribution in [2.24, 2.45) is 0 Å². The van der Waals surface area contributed by atoms with Crippen LogP contribution >= 0.6 is 0 Å². The van der Waals surface area contributed by atoms with Gasteiger partial charge in [-0.05, 0) is 48.7 Å². The number of rotatable bonds is 12. The lowest BCUT2D eigenvalue weighted by molar-refractivity contribution is -0.130. The van der Waals surface area contributed by atoms with E-state index in [1.165, 1.54) is 19.3 Å². The van der Waals surface area contributed by atoms with Crippen molar-refractivity contribution < 1.29 is 13.2 Å². The summed E-state index contributed by atoms with van der Waals surface area (Å²) in [6, 6.07) is 15.6. The van der Waals surface area contributed by atoms with E-state index in [1.807, 2.05) is 60.4 Å². The summed E-state index contributed by atoms with van der Waals surface area (Å²) < 4.78 is 27.4. The molecule has 0 aromatic heterocycles. The minimum absolute atomic E-state index is 0.166. The molecule has 1 aliphatic rings. The highest BCUT2D eigenvalue weighted by molar-refractivity contribution is 7.92. The third-order valence-corrected chi connectivity index (χ3v) is 7.88. The fourth-order valence-electron chi connectivity index (χ4n) is 4.34. The van der Waals surface area contributed by atoms with Crippen LogP contribution in [-0.2, 0) is 21.2 Å². The monoisotopic (exact) mass is 485 g/mol. The normalized spacial score (nSPS) is 14.3. The van der Waals surface area contributed by atoms with Crippen LogP contribution in [0.4, 0.5) is 11.4 Å². The zero-order valence-electron chi connectivity index (χ0n) is 20.6. The van der Waals surface area contributed by atoms with Gasteiger partial charge in [-0.15, -0.1) is 0 Å². The van der Waals surface area contributed by atoms with E-state index in [9.17, 15) is 13.2 Å². The summed E-state index contributed by atoms with van der Waals surface area (Å²) in [6.45, 7) is 7.13. The number of sulfonamides is 1. The molecule has 2 aromatic rings. The predicted molar refractivity (Wildman–Crippen MR) is 141 cm³/mol. The second-order valence-electron chi connectivity index (χ2n) is 9.21. The van der Waals surface area contributed by atoms with E-state index < -0.39 is 10.0 Å². The summed E-state index contributed by atoms with van der Waals surface area (Å²) in [4.78, 5) is 16.9. The van der Waals surface area contributed by atoms with Gasteiger partial charge in [-0.1, -0.05) is 63.3 Å². The second-order valence-corrected chi connectivity index (χ2v) is 11.0. The van der Waals surface area contributed by atoms with Gasteiger partial charge >= 0.3 is 0 Å². The van der Waals surface area contributed by atoms with Crippen LogP contribution in [0.1, 0.15) is 56.6 Å².